The van der Waals surface area contributed by atoms with Crippen LogP contribution in [-0.2, 0) is 19.4 Å². The lowest BCUT2D eigenvalue weighted by Crippen LogP contribution is -1.99. The molecule has 0 bridgehead atoms. The SMILES string of the molecule is Cc1ccc2c(ccn2CCCc2cccc(CC(C)C)c2)c1. The molecule has 0 saturated carbocycles. The Labute approximate surface area is 140 Å². The van der Waals surface area contributed by atoms with Crippen molar-refractivity contribution in [2.75, 3.05) is 0 Å². The molecule has 0 spiro atoms. The molecule has 0 amide bonds. The van der Waals surface area contributed by atoms with E-state index in [1.54, 1.807) is 0 Å². The number of hydrogen-bond donors (Lipinski definition) is 0. The summed E-state index contributed by atoms with van der Waals surface area (Å²) in [6.07, 6.45) is 5.73. The molecule has 23 heavy (non-hydrogen) atoms. The van der Waals surface area contributed by atoms with E-state index in [0.29, 0.717) is 0 Å². The molecule has 0 unspecified atom stereocenters. The van der Waals surface area contributed by atoms with Crippen LogP contribution in [0.3, 0.4) is 0 Å². The van der Waals surface area contributed by atoms with E-state index >= 15 is 0 Å². The largest absolute Gasteiger partial charge is 0.347 e. The summed E-state index contributed by atoms with van der Waals surface area (Å²) < 4.78 is 2.38. The van der Waals surface area contributed by atoms with Crippen LogP contribution in [0.4, 0.5) is 0 Å². The second kappa shape index (κ2) is 7.04. The molecule has 2 aromatic carbocycles. The monoisotopic (exact) mass is 305 g/mol. The van der Waals surface area contributed by atoms with Crippen molar-refractivity contribution in [3.63, 3.8) is 0 Å². The molecular formula is C22H27N. The van der Waals surface area contributed by atoms with Crippen molar-refractivity contribution in [3.05, 3.63) is 71.4 Å². The highest BCUT2D eigenvalue weighted by molar-refractivity contribution is 5.80. The summed E-state index contributed by atoms with van der Waals surface area (Å²) in [7, 11) is 0. The molecule has 1 heterocycles. The number of hydrogen-bond acceptors (Lipinski definition) is 0. The maximum atomic E-state index is 2.39. The summed E-state index contributed by atoms with van der Waals surface area (Å²) in [6.45, 7) is 7.80. The smallest absolute Gasteiger partial charge is 0.0480 e. The van der Waals surface area contributed by atoms with Gasteiger partial charge in [-0.15, -0.1) is 0 Å². The maximum absolute atomic E-state index is 2.39. The summed E-state index contributed by atoms with van der Waals surface area (Å²) >= 11 is 0. The second-order valence-corrected chi connectivity index (χ2v) is 7.09. The van der Waals surface area contributed by atoms with E-state index in [-0.39, 0.29) is 0 Å². The van der Waals surface area contributed by atoms with Crippen LogP contribution >= 0.6 is 0 Å². The van der Waals surface area contributed by atoms with Gasteiger partial charge in [0.15, 0.2) is 0 Å². The van der Waals surface area contributed by atoms with Gasteiger partial charge in [-0.25, -0.2) is 0 Å². The van der Waals surface area contributed by atoms with Crippen molar-refractivity contribution in [3.8, 4) is 0 Å². The molecule has 0 aliphatic heterocycles. The highest BCUT2D eigenvalue weighted by atomic mass is 14.9. The van der Waals surface area contributed by atoms with Gasteiger partial charge in [-0.2, -0.15) is 0 Å². The van der Waals surface area contributed by atoms with Crippen molar-refractivity contribution in [1.82, 2.24) is 4.57 Å². The average molecular weight is 305 g/mol. The number of rotatable bonds is 6. The normalized spacial score (nSPS) is 11.5. The second-order valence-electron chi connectivity index (χ2n) is 7.09. The van der Waals surface area contributed by atoms with Crippen LogP contribution in [0.5, 0.6) is 0 Å². The predicted molar refractivity (Wildman–Crippen MR) is 100.0 cm³/mol. The third-order valence-corrected chi connectivity index (χ3v) is 4.43. The number of aryl methyl sites for hydroxylation is 3. The zero-order valence-electron chi connectivity index (χ0n) is 14.5. The van der Waals surface area contributed by atoms with Gasteiger partial charge in [-0.3, -0.25) is 0 Å². The van der Waals surface area contributed by atoms with E-state index in [1.807, 2.05) is 0 Å². The lowest BCUT2D eigenvalue weighted by atomic mass is 9.99. The fourth-order valence-corrected chi connectivity index (χ4v) is 3.35. The van der Waals surface area contributed by atoms with Crippen LogP contribution in [0.15, 0.2) is 54.7 Å². The lowest BCUT2D eigenvalue weighted by Gasteiger charge is -2.09. The minimum Gasteiger partial charge on any atom is -0.347 e. The summed E-state index contributed by atoms with van der Waals surface area (Å²) in [4.78, 5) is 0. The van der Waals surface area contributed by atoms with Gasteiger partial charge in [0.2, 0.25) is 0 Å². The van der Waals surface area contributed by atoms with E-state index in [4.69, 9.17) is 0 Å². The zero-order chi connectivity index (χ0) is 16.2. The van der Waals surface area contributed by atoms with Crippen LogP contribution in [-0.4, -0.2) is 4.57 Å². The average Bonchev–Trinajstić information content (AvgIpc) is 2.89. The van der Waals surface area contributed by atoms with Crippen LogP contribution in [0.2, 0.25) is 0 Å². The minimum atomic E-state index is 0.722. The van der Waals surface area contributed by atoms with Crippen molar-refractivity contribution in [2.45, 2.75) is 46.6 Å². The van der Waals surface area contributed by atoms with Gasteiger partial charge in [-0.05, 0) is 66.8 Å². The van der Waals surface area contributed by atoms with E-state index in [9.17, 15) is 0 Å². The van der Waals surface area contributed by atoms with Crippen LogP contribution in [0.25, 0.3) is 10.9 Å². The van der Waals surface area contributed by atoms with Gasteiger partial charge in [0.1, 0.15) is 0 Å². The molecule has 0 N–H and O–H groups in total. The molecule has 1 aromatic heterocycles. The van der Waals surface area contributed by atoms with Crippen LogP contribution in [0, 0.1) is 12.8 Å². The van der Waals surface area contributed by atoms with Gasteiger partial charge in [-0.1, -0.05) is 49.7 Å². The molecule has 3 aromatic rings. The number of benzene rings is 2. The highest BCUT2D eigenvalue weighted by Crippen LogP contribution is 2.18. The van der Waals surface area contributed by atoms with Crippen molar-refractivity contribution >= 4 is 10.9 Å². The summed E-state index contributed by atoms with van der Waals surface area (Å²) in [6, 6.07) is 18.1. The van der Waals surface area contributed by atoms with E-state index in [0.717, 1.165) is 18.9 Å². The van der Waals surface area contributed by atoms with Crippen LogP contribution in [0.1, 0.15) is 37.0 Å². The first-order chi connectivity index (χ1) is 11.1. The Morgan fingerprint density at radius 1 is 0.957 bits per heavy atom. The Morgan fingerprint density at radius 2 is 1.78 bits per heavy atom. The fourth-order valence-electron chi connectivity index (χ4n) is 3.35. The Balaban J connectivity index is 1.62. The molecule has 1 nitrogen and oxygen atoms in total. The molecule has 0 fully saturated rings. The van der Waals surface area contributed by atoms with E-state index < -0.39 is 0 Å². The van der Waals surface area contributed by atoms with Crippen LogP contribution < -0.4 is 0 Å². The molecule has 3 rings (SSSR count). The summed E-state index contributed by atoms with van der Waals surface area (Å²) in [5, 5.41) is 1.35. The Bertz CT molecular complexity index is 780. The first kappa shape index (κ1) is 15.9. The molecule has 0 aliphatic rings. The summed E-state index contributed by atoms with van der Waals surface area (Å²) in [5.41, 5.74) is 5.62. The summed E-state index contributed by atoms with van der Waals surface area (Å²) in [5.74, 6) is 0.722. The Morgan fingerprint density at radius 3 is 2.61 bits per heavy atom. The molecule has 0 atom stereocenters. The third-order valence-electron chi connectivity index (χ3n) is 4.43. The lowest BCUT2D eigenvalue weighted by molar-refractivity contribution is 0.643. The molecule has 0 radical (unpaired) electrons. The van der Waals surface area contributed by atoms with Gasteiger partial charge in [0, 0.05) is 18.3 Å². The van der Waals surface area contributed by atoms with Gasteiger partial charge in [0.05, 0.1) is 0 Å². The van der Waals surface area contributed by atoms with Crippen molar-refractivity contribution in [1.29, 1.82) is 0 Å². The van der Waals surface area contributed by atoms with Gasteiger partial charge in [0.25, 0.3) is 0 Å². The molecule has 1 heteroatoms. The Kier molecular flexibility index (Phi) is 4.85. The first-order valence-corrected chi connectivity index (χ1v) is 8.75. The fraction of sp³-hybridized carbons (Fsp3) is 0.364. The zero-order valence-corrected chi connectivity index (χ0v) is 14.5. The quantitative estimate of drug-likeness (QED) is 0.544. The van der Waals surface area contributed by atoms with E-state index in [1.165, 1.54) is 40.4 Å². The van der Waals surface area contributed by atoms with Crippen molar-refractivity contribution < 1.29 is 0 Å². The highest BCUT2D eigenvalue weighted by Gasteiger charge is 2.03. The minimum absolute atomic E-state index is 0.722. The molecule has 120 valence electrons. The topological polar surface area (TPSA) is 4.93 Å². The first-order valence-electron chi connectivity index (χ1n) is 8.75. The number of aromatic nitrogens is 1. The standard InChI is InChI=1S/C22H27N/c1-17(2)14-20-7-4-6-19(16-20)8-5-12-23-13-11-21-15-18(3)9-10-22(21)23/h4,6-7,9-11,13,15-17H,5,8,12,14H2,1-3H3. The number of nitrogens with zero attached hydrogens (tertiary/aromatic N) is 1. The van der Waals surface area contributed by atoms with Crippen molar-refractivity contribution in [2.24, 2.45) is 5.92 Å². The van der Waals surface area contributed by atoms with E-state index in [2.05, 4.69) is 80.1 Å². The Hall–Kier alpha value is -2.02. The molecular weight excluding hydrogens is 278 g/mol. The number of fused-ring (bicyclic) bond motifs is 1. The van der Waals surface area contributed by atoms with Gasteiger partial charge >= 0.3 is 0 Å². The maximum Gasteiger partial charge on any atom is 0.0480 e. The predicted octanol–water partition coefficient (Wildman–Crippen LogP) is 5.78. The van der Waals surface area contributed by atoms with Gasteiger partial charge < -0.3 is 4.57 Å². The molecule has 0 saturated heterocycles. The molecule has 0 aliphatic carbocycles. The third kappa shape index (κ3) is 4.04.